The molecule has 20 heavy (non-hydrogen) atoms. The van der Waals surface area contributed by atoms with E-state index in [1.54, 1.807) is 0 Å². The summed E-state index contributed by atoms with van der Waals surface area (Å²) in [5, 5.41) is 0. The first-order valence-electron chi connectivity index (χ1n) is 8.44. The molecule has 0 bridgehead atoms. The Morgan fingerprint density at radius 2 is 1.15 bits per heavy atom. The van der Waals surface area contributed by atoms with Crippen molar-refractivity contribution in [2.24, 2.45) is 0 Å². The summed E-state index contributed by atoms with van der Waals surface area (Å²) in [7, 11) is 0. The van der Waals surface area contributed by atoms with Crippen molar-refractivity contribution in [3.05, 3.63) is 35.4 Å². The maximum atomic E-state index is 2.46. The highest BCUT2D eigenvalue weighted by atomic mass is 14.3. The molecule has 0 aliphatic heterocycles. The van der Waals surface area contributed by atoms with Crippen LogP contribution >= 0.6 is 0 Å². The normalized spacial score (nSPS) is 12.7. The van der Waals surface area contributed by atoms with E-state index in [0.29, 0.717) is 10.8 Å². The van der Waals surface area contributed by atoms with Crippen molar-refractivity contribution in [1.82, 2.24) is 0 Å². The molecule has 0 aromatic heterocycles. The van der Waals surface area contributed by atoms with Crippen LogP contribution in [0.4, 0.5) is 0 Å². The summed E-state index contributed by atoms with van der Waals surface area (Å²) in [5.41, 5.74) is 3.61. The molecule has 0 radical (unpaired) electrons. The molecule has 0 heterocycles. The van der Waals surface area contributed by atoms with E-state index in [1.807, 2.05) is 0 Å². The van der Waals surface area contributed by atoms with Gasteiger partial charge < -0.3 is 0 Å². The molecule has 114 valence electrons. The highest BCUT2D eigenvalue weighted by molar-refractivity contribution is 5.33. The van der Waals surface area contributed by atoms with Crippen molar-refractivity contribution in [2.45, 2.75) is 90.9 Å². The Morgan fingerprint density at radius 1 is 0.750 bits per heavy atom. The van der Waals surface area contributed by atoms with Gasteiger partial charge in [0.05, 0.1) is 0 Å². The summed E-state index contributed by atoms with van der Waals surface area (Å²) in [6.07, 6.45) is 7.76. The summed E-state index contributed by atoms with van der Waals surface area (Å²) in [5.74, 6) is 0. The third-order valence-corrected chi connectivity index (χ3v) is 4.74. The van der Waals surface area contributed by atoms with Crippen molar-refractivity contribution in [2.75, 3.05) is 0 Å². The smallest absolute Gasteiger partial charge is 0.0103 e. The zero-order valence-corrected chi connectivity index (χ0v) is 14.6. The Balaban J connectivity index is 2.95. The third-order valence-electron chi connectivity index (χ3n) is 4.74. The highest BCUT2D eigenvalue weighted by Crippen LogP contribution is 2.34. The minimum absolute atomic E-state index is 0.298. The van der Waals surface area contributed by atoms with Crippen LogP contribution < -0.4 is 0 Å². The van der Waals surface area contributed by atoms with E-state index in [0.717, 1.165) is 0 Å². The number of hydrogen-bond acceptors (Lipinski definition) is 0. The van der Waals surface area contributed by atoms with Gasteiger partial charge in [0.15, 0.2) is 0 Å². The lowest BCUT2D eigenvalue weighted by Crippen LogP contribution is -2.21. The molecule has 0 unspecified atom stereocenters. The molecule has 0 nitrogen and oxygen atoms in total. The number of rotatable bonds is 8. The predicted molar refractivity (Wildman–Crippen MR) is 91.5 cm³/mol. The minimum Gasteiger partial charge on any atom is -0.0654 e. The van der Waals surface area contributed by atoms with Crippen molar-refractivity contribution in [3.63, 3.8) is 0 Å². The molecular formula is C20H34. The van der Waals surface area contributed by atoms with Gasteiger partial charge in [-0.15, -0.1) is 0 Å². The van der Waals surface area contributed by atoms with Crippen LogP contribution in [0.25, 0.3) is 0 Å². The summed E-state index contributed by atoms with van der Waals surface area (Å²) in [4.78, 5) is 0. The van der Waals surface area contributed by atoms with Crippen LogP contribution in [0.3, 0.4) is 0 Å². The standard InChI is InChI=1S/C20H34/c1-7-9-14-19(3,4)17-12-11-13-18(16-17)20(5,6)15-10-8-2/h11-13,16H,7-10,14-15H2,1-6H3. The van der Waals surface area contributed by atoms with Crippen molar-refractivity contribution in [1.29, 1.82) is 0 Å². The molecule has 0 saturated carbocycles. The van der Waals surface area contributed by atoms with E-state index in [2.05, 4.69) is 65.8 Å². The third kappa shape index (κ3) is 4.65. The van der Waals surface area contributed by atoms with Gasteiger partial charge in [-0.05, 0) is 34.8 Å². The zero-order valence-electron chi connectivity index (χ0n) is 14.6. The topological polar surface area (TPSA) is 0 Å². The molecule has 0 aliphatic rings. The van der Waals surface area contributed by atoms with Crippen LogP contribution in [0.15, 0.2) is 24.3 Å². The van der Waals surface area contributed by atoms with E-state index in [1.165, 1.54) is 49.7 Å². The first-order chi connectivity index (χ1) is 9.33. The van der Waals surface area contributed by atoms with Gasteiger partial charge in [-0.3, -0.25) is 0 Å². The second-order valence-corrected chi connectivity index (χ2v) is 7.56. The minimum atomic E-state index is 0.298. The first-order valence-corrected chi connectivity index (χ1v) is 8.44. The quantitative estimate of drug-likeness (QED) is 0.499. The Hall–Kier alpha value is -0.780. The molecule has 0 fully saturated rings. The molecule has 0 atom stereocenters. The van der Waals surface area contributed by atoms with Gasteiger partial charge in [0.25, 0.3) is 0 Å². The molecule has 0 amide bonds. The van der Waals surface area contributed by atoms with Crippen LogP contribution in [0.2, 0.25) is 0 Å². The van der Waals surface area contributed by atoms with Crippen LogP contribution in [-0.2, 0) is 10.8 Å². The molecule has 0 aliphatic carbocycles. The summed E-state index contributed by atoms with van der Waals surface area (Å²) < 4.78 is 0. The summed E-state index contributed by atoms with van der Waals surface area (Å²) >= 11 is 0. The molecule has 1 aromatic carbocycles. The fourth-order valence-electron chi connectivity index (χ4n) is 2.89. The van der Waals surface area contributed by atoms with Crippen LogP contribution in [-0.4, -0.2) is 0 Å². The molecule has 0 N–H and O–H groups in total. The van der Waals surface area contributed by atoms with Crippen molar-refractivity contribution < 1.29 is 0 Å². The Labute approximate surface area is 127 Å². The van der Waals surface area contributed by atoms with Gasteiger partial charge in [0, 0.05) is 0 Å². The lowest BCUT2D eigenvalue weighted by Gasteiger charge is -2.30. The Morgan fingerprint density at radius 3 is 1.50 bits per heavy atom. The summed E-state index contributed by atoms with van der Waals surface area (Å²) in [6.45, 7) is 14.1. The molecule has 1 rings (SSSR count). The average Bonchev–Trinajstić information content (AvgIpc) is 2.43. The van der Waals surface area contributed by atoms with Crippen LogP contribution in [0.5, 0.6) is 0 Å². The van der Waals surface area contributed by atoms with Gasteiger partial charge in [-0.25, -0.2) is 0 Å². The van der Waals surface area contributed by atoms with Crippen molar-refractivity contribution >= 4 is 0 Å². The van der Waals surface area contributed by atoms with Crippen LogP contribution in [0.1, 0.15) is 91.2 Å². The molecule has 0 saturated heterocycles. The van der Waals surface area contributed by atoms with Gasteiger partial charge in [0.1, 0.15) is 0 Å². The fourth-order valence-corrected chi connectivity index (χ4v) is 2.89. The molecular weight excluding hydrogens is 240 g/mol. The second-order valence-electron chi connectivity index (χ2n) is 7.56. The highest BCUT2D eigenvalue weighted by Gasteiger charge is 2.24. The molecule has 0 heteroatoms. The van der Waals surface area contributed by atoms with E-state index in [9.17, 15) is 0 Å². The van der Waals surface area contributed by atoms with E-state index in [4.69, 9.17) is 0 Å². The van der Waals surface area contributed by atoms with Gasteiger partial charge >= 0.3 is 0 Å². The lowest BCUT2D eigenvalue weighted by molar-refractivity contribution is 0.444. The summed E-state index contributed by atoms with van der Waals surface area (Å²) in [6, 6.07) is 9.35. The Kier molecular flexibility index (Phi) is 6.30. The Bertz CT molecular complexity index is 363. The fraction of sp³-hybridized carbons (Fsp3) is 0.700. The maximum Gasteiger partial charge on any atom is -0.0103 e. The molecule has 1 aromatic rings. The number of hydrogen-bond donors (Lipinski definition) is 0. The average molecular weight is 274 g/mol. The monoisotopic (exact) mass is 274 g/mol. The predicted octanol–water partition coefficient (Wildman–Crippen LogP) is 6.62. The van der Waals surface area contributed by atoms with E-state index in [-0.39, 0.29) is 0 Å². The number of benzene rings is 1. The van der Waals surface area contributed by atoms with E-state index < -0.39 is 0 Å². The number of unbranched alkanes of at least 4 members (excludes halogenated alkanes) is 2. The van der Waals surface area contributed by atoms with Gasteiger partial charge in [0.2, 0.25) is 0 Å². The van der Waals surface area contributed by atoms with E-state index >= 15 is 0 Å². The van der Waals surface area contributed by atoms with Gasteiger partial charge in [-0.1, -0.05) is 91.5 Å². The maximum absolute atomic E-state index is 2.46. The largest absolute Gasteiger partial charge is 0.0654 e. The molecule has 0 spiro atoms. The lowest BCUT2D eigenvalue weighted by atomic mass is 9.75. The van der Waals surface area contributed by atoms with Crippen LogP contribution in [0, 0.1) is 0 Å². The zero-order chi connectivity index (χ0) is 15.2. The first kappa shape index (κ1) is 17.3. The van der Waals surface area contributed by atoms with Gasteiger partial charge in [-0.2, -0.15) is 0 Å². The SMILES string of the molecule is CCCCC(C)(C)c1cccc(C(C)(C)CCCC)c1. The second kappa shape index (κ2) is 7.29. The van der Waals surface area contributed by atoms with Crippen molar-refractivity contribution in [3.8, 4) is 0 Å².